The highest BCUT2D eigenvalue weighted by molar-refractivity contribution is 6.28. The van der Waals surface area contributed by atoms with Gasteiger partial charge in [0.15, 0.2) is 0 Å². The van der Waals surface area contributed by atoms with Gasteiger partial charge < -0.3 is 14.7 Å². The van der Waals surface area contributed by atoms with Gasteiger partial charge in [-0.3, -0.25) is 0 Å². The van der Waals surface area contributed by atoms with Crippen LogP contribution in [0.5, 0.6) is 0 Å². The zero-order valence-corrected chi connectivity index (χ0v) is 10.3. The van der Waals surface area contributed by atoms with Gasteiger partial charge in [0.1, 0.15) is 5.82 Å². The van der Waals surface area contributed by atoms with E-state index in [1.165, 1.54) is 0 Å². The van der Waals surface area contributed by atoms with E-state index in [1.54, 1.807) is 6.20 Å². The van der Waals surface area contributed by atoms with Crippen LogP contribution < -0.4 is 4.90 Å². The first-order valence-corrected chi connectivity index (χ1v) is 6.13. The van der Waals surface area contributed by atoms with Crippen LogP contribution in [0.1, 0.15) is 12.8 Å². The zero-order chi connectivity index (χ0) is 12.1. The molecule has 0 amide bonds. The van der Waals surface area contributed by atoms with Crippen molar-refractivity contribution in [3.05, 3.63) is 17.5 Å². The van der Waals surface area contributed by atoms with Gasteiger partial charge in [-0.1, -0.05) is 0 Å². The molecule has 0 aliphatic carbocycles. The molecule has 6 heteroatoms. The minimum Gasteiger partial charge on any atom is -0.394 e. The van der Waals surface area contributed by atoms with Crippen molar-refractivity contribution in [1.29, 1.82) is 0 Å². The smallest absolute Gasteiger partial charge is 0.224 e. The lowest BCUT2D eigenvalue weighted by Gasteiger charge is -2.32. The van der Waals surface area contributed by atoms with Gasteiger partial charge in [0, 0.05) is 19.3 Å². The average Bonchev–Trinajstić information content (AvgIpc) is 2.37. The molecule has 1 aliphatic heterocycles. The predicted octanol–water partition coefficient (Wildman–Crippen LogP) is 1.11. The summed E-state index contributed by atoms with van der Waals surface area (Å²) in [5, 5.41) is 8.97. The summed E-state index contributed by atoms with van der Waals surface area (Å²) in [5.74, 6) is 0.866. The maximum absolute atomic E-state index is 8.69. The fraction of sp³-hybridized carbons (Fsp3) is 0.636. The molecule has 1 fully saturated rings. The summed E-state index contributed by atoms with van der Waals surface area (Å²) in [6.45, 7) is 2.29. The molecule has 0 bridgehead atoms. The minimum absolute atomic E-state index is 0.0851. The van der Waals surface area contributed by atoms with Crippen molar-refractivity contribution < 1.29 is 9.84 Å². The van der Waals surface area contributed by atoms with Crippen molar-refractivity contribution in [3.63, 3.8) is 0 Å². The molecule has 1 aliphatic rings. The molecule has 94 valence electrons. The second kappa shape index (κ2) is 6.14. The molecule has 2 rings (SSSR count). The Morgan fingerprint density at radius 3 is 2.88 bits per heavy atom. The third-order valence-corrected chi connectivity index (χ3v) is 3.00. The molecule has 0 unspecified atom stereocenters. The van der Waals surface area contributed by atoms with E-state index in [0.717, 1.165) is 31.7 Å². The Balaban J connectivity index is 1.86. The number of anilines is 1. The van der Waals surface area contributed by atoms with Crippen LogP contribution >= 0.6 is 11.6 Å². The topological polar surface area (TPSA) is 58.5 Å². The number of hydrogen-bond donors (Lipinski definition) is 1. The quantitative estimate of drug-likeness (QED) is 0.819. The number of halogens is 1. The van der Waals surface area contributed by atoms with Crippen LogP contribution in [0.25, 0.3) is 0 Å². The predicted molar refractivity (Wildman–Crippen MR) is 65.3 cm³/mol. The molecule has 0 aromatic carbocycles. The highest BCUT2D eigenvalue weighted by atomic mass is 35.5. The molecule has 5 nitrogen and oxygen atoms in total. The lowest BCUT2D eigenvalue weighted by atomic mass is 10.1. The monoisotopic (exact) mass is 257 g/mol. The van der Waals surface area contributed by atoms with Crippen LogP contribution in [0.4, 0.5) is 5.82 Å². The Bertz CT molecular complexity index is 356. The normalized spacial score (nSPS) is 17.4. The number of ether oxygens (including phenoxy) is 1. The molecule has 2 heterocycles. The Morgan fingerprint density at radius 2 is 2.24 bits per heavy atom. The van der Waals surface area contributed by atoms with E-state index in [2.05, 4.69) is 14.9 Å². The number of aromatic nitrogens is 2. The summed E-state index contributed by atoms with van der Waals surface area (Å²) in [6, 6.07) is 1.86. The first-order chi connectivity index (χ1) is 8.29. The summed E-state index contributed by atoms with van der Waals surface area (Å²) < 4.78 is 5.50. The lowest BCUT2D eigenvalue weighted by molar-refractivity contribution is 0.0158. The molecule has 1 saturated heterocycles. The van der Waals surface area contributed by atoms with Crippen LogP contribution in [0.2, 0.25) is 5.28 Å². The van der Waals surface area contributed by atoms with Crippen molar-refractivity contribution in [3.8, 4) is 0 Å². The minimum atomic E-state index is 0.0851. The van der Waals surface area contributed by atoms with Gasteiger partial charge in [-0.05, 0) is 30.5 Å². The Labute approximate surface area is 105 Å². The Kier molecular flexibility index (Phi) is 4.53. The molecular weight excluding hydrogens is 242 g/mol. The van der Waals surface area contributed by atoms with Crippen LogP contribution in [0.15, 0.2) is 12.3 Å². The van der Waals surface area contributed by atoms with Crippen LogP contribution in [0, 0.1) is 0 Å². The van der Waals surface area contributed by atoms with E-state index in [4.69, 9.17) is 21.4 Å². The van der Waals surface area contributed by atoms with Gasteiger partial charge in [0.05, 0.1) is 19.3 Å². The third-order valence-electron chi connectivity index (χ3n) is 2.82. The molecule has 1 N–H and O–H groups in total. The standard InChI is InChI=1S/C11H16ClN3O2/c12-11-13-4-1-10(14-11)15-5-2-9(3-6-15)17-8-7-16/h1,4,9,16H,2-3,5-8H2. The fourth-order valence-electron chi connectivity index (χ4n) is 1.97. The maximum atomic E-state index is 8.69. The number of hydrogen-bond acceptors (Lipinski definition) is 5. The van der Waals surface area contributed by atoms with Gasteiger partial charge in [-0.25, -0.2) is 9.97 Å². The van der Waals surface area contributed by atoms with Gasteiger partial charge in [0.2, 0.25) is 5.28 Å². The van der Waals surface area contributed by atoms with Gasteiger partial charge in [0.25, 0.3) is 0 Å². The second-order valence-corrected chi connectivity index (χ2v) is 4.30. The van der Waals surface area contributed by atoms with E-state index in [-0.39, 0.29) is 18.0 Å². The van der Waals surface area contributed by atoms with Gasteiger partial charge in [-0.15, -0.1) is 0 Å². The number of aliphatic hydroxyl groups excluding tert-OH is 1. The largest absolute Gasteiger partial charge is 0.394 e. The highest BCUT2D eigenvalue weighted by Gasteiger charge is 2.20. The zero-order valence-electron chi connectivity index (χ0n) is 9.55. The van der Waals surface area contributed by atoms with Gasteiger partial charge >= 0.3 is 0 Å². The summed E-state index contributed by atoms with van der Waals surface area (Å²) in [7, 11) is 0. The molecule has 0 spiro atoms. The molecule has 0 saturated carbocycles. The highest BCUT2D eigenvalue weighted by Crippen LogP contribution is 2.19. The van der Waals surface area contributed by atoms with E-state index >= 15 is 0 Å². The van der Waals surface area contributed by atoms with Crippen molar-refractivity contribution >= 4 is 17.4 Å². The second-order valence-electron chi connectivity index (χ2n) is 3.96. The van der Waals surface area contributed by atoms with Crippen LogP contribution in [0.3, 0.4) is 0 Å². The molecule has 0 atom stereocenters. The first kappa shape index (κ1) is 12.5. The third kappa shape index (κ3) is 3.52. The number of rotatable bonds is 4. The first-order valence-electron chi connectivity index (χ1n) is 5.75. The molecule has 17 heavy (non-hydrogen) atoms. The van der Waals surface area contributed by atoms with Crippen LogP contribution in [-0.4, -0.2) is 47.5 Å². The lowest BCUT2D eigenvalue weighted by Crippen LogP contribution is -2.37. The molecule has 1 aromatic heterocycles. The molecular formula is C11H16ClN3O2. The van der Waals surface area contributed by atoms with E-state index < -0.39 is 0 Å². The van der Waals surface area contributed by atoms with Crippen LogP contribution in [-0.2, 0) is 4.74 Å². The summed E-state index contributed by atoms with van der Waals surface area (Å²) in [6.07, 6.45) is 3.80. The van der Waals surface area contributed by atoms with Crippen molar-refractivity contribution in [2.24, 2.45) is 0 Å². The average molecular weight is 258 g/mol. The summed E-state index contributed by atoms with van der Waals surface area (Å²) in [4.78, 5) is 10.2. The number of aliphatic hydroxyl groups is 1. The number of piperidine rings is 1. The van der Waals surface area contributed by atoms with E-state index in [1.807, 2.05) is 6.07 Å². The number of nitrogens with zero attached hydrogens (tertiary/aromatic N) is 3. The molecule has 1 aromatic rings. The van der Waals surface area contributed by atoms with Crippen molar-refractivity contribution in [2.75, 3.05) is 31.2 Å². The van der Waals surface area contributed by atoms with E-state index in [9.17, 15) is 0 Å². The molecule has 0 radical (unpaired) electrons. The summed E-state index contributed by atoms with van der Waals surface area (Å²) >= 11 is 5.76. The summed E-state index contributed by atoms with van der Waals surface area (Å²) in [5.41, 5.74) is 0. The Morgan fingerprint density at radius 1 is 1.47 bits per heavy atom. The van der Waals surface area contributed by atoms with Crippen molar-refractivity contribution in [1.82, 2.24) is 9.97 Å². The maximum Gasteiger partial charge on any atom is 0.224 e. The Hall–Kier alpha value is -0.910. The fourth-order valence-corrected chi connectivity index (χ4v) is 2.12. The van der Waals surface area contributed by atoms with E-state index in [0.29, 0.717) is 6.61 Å². The SMILES string of the molecule is OCCOC1CCN(c2ccnc(Cl)n2)CC1. The van der Waals surface area contributed by atoms with Gasteiger partial charge in [-0.2, -0.15) is 0 Å². The van der Waals surface area contributed by atoms with Crippen molar-refractivity contribution in [2.45, 2.75) is 18.9 Å².